The highest BCUT2D eigenvalue weighted by molar-refractivity contribution is 5.73. The number of hydrogen-bond donors (Lipinski definition) is 2. The lowest BCUT2D eigenvalue weighted by molar-refractivity contribution is -0.138. The van der Waals surface area contributed by atoms with Crippen LogP contribution in [0.1, 0.15) is 29.9 Å². The van der Waals surface area contributed by atoms with E-state index < -0.39 is 12.0 Å². The second-order valence-corrected chi connectivity index (χ2v) is 4.78. The lowest BCUT2D eigenvalue weighted by atomic mass is 9.90. The number of rotatable bonds is 4. The molecule has 0 saturated carbocycles. The molecule has 1 saturated heterocycles. The van der Waals surface area contributed by atoms with E-state index in [-0.39, 0.29) is 0 Å². The molecule has 3 N–H and O–H groups in total. The van der Waals surface area contributed by atoms with E-state index in [0.717, 1.165) is 31.6 Å². The molecule has 0 spiro atoms. The first kappa shape index (κ1) is 13.1. The van der Waals surface area contributed by atoms with Crippen molar-refractivity contribution in [2.24, 2.45) is 5.73 Å². The van der Waals surface area contributed by atoms with Crippen molar-refractivity contribution in [1.29, 1.82) is 0 Å². The predicted molar refractivity (Wildman–Crippen MR) is 68.6 cm³/mol. The van der Waals surface area contributed by atoms with Crippen LogP contribution < -0.4 is 5.73 Å². The normalized spacial score (nSPS) is 18.5. The van der Waals surface area contributed by atoms with E-state index in [0.29, 0.717) is 12.3 Å². The first-order chi connectivity index (χ1) is 8.66. The zero-order chi connectivity index (χ0) is 13.0. The molecule has 4 nitrogen and oxygen atoms in total. The van der Waals surface area contributed by atoms with Crippen molar-refractivity contribution >= 4 is 5.97 Å². The second kappa shape index (κ2) is 5.98. The third kappa shape index (κ3) is 3.31. The van der Waals surface area contributed by atoms with Gasteiger partial charge >= 0.3 is 5.97 Å². The van der Waals surface area contributed by atoms with Gasteiger partial charge in [0.15, 0.2) is 0 Å². The van der Waals surface area contributed by atoms with Gasteiger partial charge in [-0.2, -0.15) is 0 Å². The van der Waals surface area contributed by atoms with Crippen molar-refractivity contribution < 1.29 is 14.6 Å². The smallest absolute Gasteiger partial charge is 0.320 e. The first-order valence-corrected chi connectivity index (χ1v) is 6.32. The van der Waals surface area contributed by atoms with E-state index in [1.54, 1.807) is 0 Å². The van der Waals surface area contributed by atoms with E-state index in [4.69, 9.17) is 15.6 Å². The number of hydrogen-bond acceptors (Lipinski definition) is 3. The van der Waals surface area contributed by atoms with Gasteiger partial charge in [0.1, 0.15) is 6.04 Å². The highest BCUT2D eigenvalue weighted by Crippen LogP contribution is 2.26. The van der Waals surface area contributed by atoms with Crippen LogP contribution in [0.25, 0.3) is 0 Å². The minimum absolute atomic E-state index is 0.378. The minimum atomic E-state index is -0.955. The molecule has 1 aliphatic heterocycles. The predicted octanol–water partition coefficient (Wildman–Crippen LogP) is 1.54. The van der Waals surface area contributed by atoms with Crippen LogP contribution in [0, 0.1) is 0 Å². The zero-order valence-corrected chi connectivity index (χ0v) is 10.3. The minimum Gasteiger partial charge on any atom is -0.480 e. The van der Waals surface area contributed by atoms with Gasteiger partial charge < -0.3 is 15.6 Å². The maximum atomic E-state index is 10.7. The van der Waals surface area contributed by atoms with Crippen molar-refractivity contribution in [3.05, 3.63) is 35.4 Å². The van der Waals surface area contributed by atoms with Crippen molar-refractivity contribution in [3.8, 4) is 0 Å². The summed E-state index contributed by atoms with van der Waals surface area (Å²) in [6.45, 7) is 1.66. The maximum Gasteiger partial charge on any atom is 0.320 e. The largest absolute Gasteiger partial charge is 0.480 e. The van der Waals surface area contributed by atoms with Gasteiger partial charge in [-0.1, -0.05) is 24.3 Å². The summed E-state index contributed by atoms with van der Waals surface area (Å²) in [4.78, 5) is 10.7. The molecular formula is C14H19NO3. The summed E-state index contributed by atoms with van der Waals surface area (Å²) in [6.07, 6.45) is 2.51. The highest BCUT2D eigenvalue weighted by atomic mass is 16.5. The number of benzene rings is 1. The summed E-state index contributed by atoms with van der Waals surface area (Å²) < 4.78 is 5.34. The Bertz CT molecular complexity index is 396. The fourth-order valence-corrected chi connectivity index (χ4v) is 2.30. The van der Waals surface area contributed by atoms with Crippen LogP contribution in [0.5, 0.6) is 0 Å². The standard InChI is InChI=1S/C14H19NO3/c15-13(14(16)17)9-10-1-3-11(4-2-10)12-5-7-18-8-6-12/h1-4,12-13H,5-9,15H2,(H,16,17)/t13-/m0/s1. The van der Waals surface area contributed by atoms with Gasteiger partial charge in [0, 0.05) is 13.2 Å². The maximum absolute atomic E-state index is 10.7. The van der Waals surface area contributed by atoms with Crippen LogP contribution in [0.3, 0.4) is 0 Å². The molecular weight excluding hydrogens is 230 g/mol. The molecule has 0 bridgehead atoms. The summed E-state index contributed by atoms with van der Waals surface area (Å²) in [5, 5.41) is 8.76. The molecule has 98 valence electrons. The molecule has 0 amide bonds. The van der Waals surface area contributed by atoms with E-state index in [1.807, 2.05) is 12.1 Å². The van der Waals surface area contributed by atoms with Crippen molar-refractivity contribution in [1.82, 2.24) is 0 Å². The summed E-state index contributed by atoms with van der Waals surface area (Å²) >= 11 is 0. The van der Waals surface area contributed by atoms with Crippen LogP contribution >= 0.6 is 0 Å². The Morgan fingerprint density at radius 1 is 1.33 bits per heavy atom. The van der Waals surface area contributed by atoms with Gasteiger partial charge in [-0.15, -0.1) is 0 Å². The Balaban J connectivity index is 1.98. The Morgan fingerprint density at radius 2 is 1.94 bits per heavy atom. The Kier molecular flexibility index (Phi) is 4.33. The number of carboxylic acids is 1. The average molecular weight is 249 g/mol. The number of ether oxygens (including phenoxy) is 1. The molecule has 2 rings (SSSR count). The van der Waals surface area contributed by atoms with E-state index in [1.165, 1.54) is 5.56 Å². The quantitative estimate of drug-likeness (QED) is 0.849. The van der Waals surface area contributed by atoms with Gasteiger partial charge in [0.05, 0.1) is 0 Å². The van der Waals surface area contributed by atoms with Gasteiger partial charge in [0.2, 0.25) is 0 Å². The van der Waals surface area contributed by atoms with Crippen LogP contribution in [0.15, 0.2) is 24.3 Å². The highest BCUT2D eigenvalue weighted by Gasteiger charge is 2.16. The Morgan fingerprint density at radius 3 is 2.50 bits per heavy atom. The number of carboxylic acid groups (broad SMARTS) is 1. The van der Waals surface area contributed by atoms with Gasteiger partial charge in [0.25, 0.3) is 0 Å². The lowest BCUT2D eigenvalue weighted by Gasteiger charge is -2.22. The second-order valence-electron chi connectivity index (χ2n) is 4.78. The Hall–Kier alpha value is -1.39. The van der Waals surface area contributed by atoms with Crippen molar-refractivity contribution in [3.63, 3.8) is 0 Å². The average Bonchev–Trinajstić information content (AvgIpc) is 2.40. The van der Waals surface area contributed by atoms with E-state index in [9.17, 15) is 4.79 Å². The summed E-state index contributed by atoms with van der Waals surface area (Å²) in [7, 11) is 0. The topological polar surface area (TPSA) is 72.5 Å². The molecule has 0 aliphatic carbocycles. The van der Waals surface area contributed by atoms with E-state index in [2.05, 4.69) is 12.1 Å². The molecule has 0 radical (unpaired) electrons. The number of aliphatic carboxylic acids is 1. The SMILES string of the molecule is N[C@@H](Cc1ccc(C2CCOCC2)cc1)C(=O)O. The van der Waals surface area contributed by atoms with E-state index >= 15 is 0 Å². The van der Waals surface area contributed by atoms with Crippen LogP contribution in [0.4, 0.5) is 0 Å². The fraction of sp³-hybridized carbons (Fsp3) is 0.500. The third-order valence-electron chi connectivity index (χ3n) is 3.45. The van der Waals surface area contributed by atoms with Crippen LogP contribution in [-0.2, 0) is 16.0 Å². The van der Waals surface area contributed by atoms with Gasteiger partial charge in [-0.3, -0.25) is 4.79 Å². The van der Waals surface area contributed by atoms with Gasteiger partial charge in [-0.25, -0.2) is 0 Å². The summed E-state index contributed by atoms with van der Waals surface area (Å²) in [5.41, 5.74) is 7.80. The monoisotopic (exact) mass is 249 g/mol. The summed E-state index contributed by atoms with van der Waals surface area (Å²) in [5.74, 6) is -0.385. The summed E-state index contributed by atoms with van der Waals surface area (Å²) in [6, 6.07) is 7.31. The lowest BCUT2D eigenvalue weighted by Crippen LogP contribution is -2.32. The molecule has 1 aliphatic rings. The molecule has 1 atom stereocenters. The molecule has 1 heterocycles. The molecule has 0 unspecified atom stereocenters. The first-order valence-electron chi connectivity index (χ1n) is 6.32. The van der Waals surface area contributed by atoms with Crippen LogP contribution in [-0.4, -0.2) is 30.3 Å². The van der Waals surface area contributed by atoms with Crippen molar-refractivity contribution in [2.45, 2.75) is 31.2 Å². The molecule has 18 heavy (non-hydrogen) atoms. The molecule has 1 fully saturated rings. The molecule has 0 aromatic heterocycles. The number of carbonyl (C=O) groups is 1. The molecule has 1 aromatic carbocycles. The molecule has 4 heteroatoms. The Labute approximate surface area is 107 Å². The fourth-order valence-electron chi connectivity index (χ4n) is 2.30. The number of nitrogens with two attached hydrogens (primary N) is 1. The third-order valence-corrected chi connectivity index (χ3v) is 3.45. The van der Waals surface area contributed by atoms with Crippen LogP contribution in [0.2, 0.25) is 0 Å². The van der Waals surface area contributed by atoms with Crippen molar-refractivity contribution in [2.75, 3.05) is 13.2 Å². The molecule has 1 aromatic rings. The zero-order valence-electron chi connectivity index (χ0n) is 10.3. The van der Waals surface area contributed by atoms with Gasteiger partial charge in [-0.05, 0) is 36.3 Å².